The van der Waals surface area contributed by atoms with Crippen molar-refractivity contribution in [3.8, 4) is 5.75 Å². The minimum absolute atomic E-state index is 0.832. The van der Waals surface area contributed by atoms with Crippen LogP contribution < -0.4 is 4.74 Å². The second-order valence-electron chi connectivity index (χ2n) is 3.06. The quantitative estimate of drug-likeness (QED) is 0.724. The van der Waals surface area contributed by atoms with Crippen molar-refractivity contribution >= 4 is 10.9 Å². The third-order valence-electron chi connectivity index (χ3n) is 2.26. The molecule has 3 nitrogen and oxygen atoms in total. The summed E-state index contributed by atoms with van der Waals surface area (Å²) in [6.45, 7) is 2.09. The Morgan fingerprint density at radius 2 is 2.14 bits per heavy atom. The van der Waals surface area contributed by atoms with Crippen molar-refractivity contribution in [1.82, 2.24) is 9.97 Å². The maximum absolute atomic E-state index is 5.14. The largest absolute Gasteiger partial charge is 0.497 e. The summed E-state index contributed by atoms with van der Waals surface area (Å²) in [5.41, 5.74) is 2.02. The minimum atomic E-state index is 0.832. The van der Waals surface area contributed by atoms with E-state index in [0.717, 1.165) is 28.8 Å². The number of benzene rings is 1. The molecule has 0 radical (unpaired) electrons. The van der Waals surface area contributed by atoms with Gasteiger partial charge in [-0.3, -0.25) is 0 Å². The van der Waals surface area contributed by atoms with E-state index in [1.165, 1.54) is 0 Å². The Balaban J connectivity index is 2.67. The molecule has 2 rings (SSSR count). The van der Waals surface area contributed by atoms with E-state index in [4.69, 9.17) is 4.74 Å². The predicted molar refractivity (Wildman–Crippen MR) is 55.5 cm³/mol. The molecule has 0 atom stereocenters. The van der Waals surface area contributed by atoms with Crippen LogP contribution in [0.3, 0.4) is 0 Å². The Labute approximate surface area is 82.8 Å². The number of hydrogen-bond donors (Lipinski definition) is 0. The Morgan fingerprint density at radius 1 is 1.29 bits per heavy atom. The van der Waals surface area contributed by atoms with Gasteiger partial charge < -0.3 is 4.74 Å². The maximum atomic E-state index is 5.14. The van der Waals surface area contributed by atoms with Crippen molar-refractivity contribution < 1.29 is 4.74 Å². The van der Waals surface area contributed by atoms with Crippen molar-refractivity contribution in [3.05, 3.63) is 30.2 Å². The molecule has 0 spiro atoms. The molecular weight excluding hydrogens is 176 g/mol. The fourth-order valence-corrected chi connectivity index (χ4v) is 1.50. The Morgan fingerprint density at radius 3 is 2.86 bits per heavy atom. The first-order valence-electron chi connectivity index (χ1n) is 4.62. The molecule has 14 heavy (non-hydrogen) atoms. The lowest BCUT2D eigenvalue weighted by Gasteiger charge is -2.04. The van der Waals surface area contributed by atoms with E-state index in [-0.39, 0.29) is 0 Å². The van der Waals surface area contributed by atoms with Crippen LogP contribution >= 0.6 is 0 Å². The summed E-state index contributed by atoms with van der Waals surface area (Å²) in [7, 11) is 1.66. The molecule has 0 saturated carbocycles. The van der Waals surface area contributed by atoms with E-state index in [2.05, 4.69) is 16.9 Å². The van der Waals surface area contributed by atoms with Crippen LogP contribution in [-0.2, 0) is 6.42 Å². The highest BCUT2D eigenvalue weighted by molar-refractivity contribution is 5.82. The maximum Gasteiger partial charge on any atom is 0.121 e. The Kier molecular flexibility index (Phi) is 2.31. The molecule has 2 aromatic rings. The van der Waals surface area contributed by atoms with Crippen LogP contribution in [0.25, 0.3) is 10.9 Å². The average Bonchev–Trinajstić information content (AvgIpc) is 2.27. The lowest BCUT2D eigenvalue weighted by atomic mass is 10.1. The van der Waals surface area contributed by atoms with Crippen molar-refractivity contribution in [2.24, 2.45) is 0 Å². The number of hydrogen-bond acceptors (Lipinski definition) is 3. The van der Waals surface area contributed by atoms with E-state index in [1.54, 1.807) is 13.4 Å². The molecule has 0 aliphatic heterocycles. The molecule has 0 aliphatic rings. The van der Waals surface area contributed by atoms with E-state index in [9.17, 15) is 0 Å². The van der Waals surface area contributed by atoms with Gasteiger partial charge in [-0.1, -0.05) is 6.92 Å². The van der Waals surface area contributed by atoms with E-state index in [1.807, 2.05) is 18.2 Å². The third kappa shape index (κ3) is 1.41. The van der Waals surface area contributed by atoms with Crippen LogP contribution in [0.15, 0.2) is 24.5 Å². The van der Waals surface area contributed by atoms with Crippen LogP contribution in [0.2, 0.25) is 0 Å². The summed E-state index contributed by atoms with van der Waals surface area (Å²) in [6.07, 6.45) is 2.52. The number of methoxy groups -OCH3 is 1. The first kappa shape index (κ1) is 8.94. The van der Waals surface area contributed by atoms with Gasteiger partial charge in [-0.15, -0.1) is 0 Å². The van der Waals surface area contributed by atoms with Gasteiger partial charge >= 0.3 is 0 Å². The molecule has 1 heterocycles. The highest BCUT2D eigenvalue weighted by Crippen LogP contribution is 2.20. The van der Waals surface area contributed by atoms with Gasteiger partial charge in [-0.05, 0) is 18.6 Å². The molecule has 0 aliphatic carbocycles. The van der Waals surface area contributed by atoms with Gasteiger partial charge in [0.05, 0.1) is 18.3 Å². The van der Waals surface area contributed by atoms with Gasteiger partial charge in [0, 0.05) is 11.5 Å². The minimum Gasteiger partial charge on any atom is -0.497 e. The third-order valence-corrected chi connectivity index (χ3v) is 2.26. The summed E-state index contributed by atoms with van der Waals surface area (Å²) in [5, 5.41) is 1.11. The second kappa shape index (κ2) is 3.62. The average molecular weight is 188 g/mol. The molecule has 0 unspecified atom stereocenters. The van der Waals surface area contributed by atoms with Crippen LogP contribution in [0, 0.1) is 0 Å². The first-order chi connectivity index (χ1) is 6.85. The molecule has 0 fully saturated rings. The summed E-state index contributed by atoms with van der Waals surface area (Å²) in [5.74, 6) is 0.832. The molecule has 0 bridgehead atoms. The van der Waals surface area contributed by atoms with E-state index >= 15 is 0 Å². The summed E-state index contributed by atoms with van der Waals surface area (Å²) >= 11 is 0. The highest BCUT2D eigenvalue weighted by Gasteiger charge is 2.02. The van der Waals surface area contributed by atoms with E-state index in [0.29, 0.717) is 0 Å². The van der Waals surface area contributed by atoms with Crippen molar-refractivity contribution in [2.45, 2.75) is 13.3 Å². The molecule has 0 N–H and O–H groups in total. The van der Waals surface area contributed by atoms with Gasteiger partial charge in [0.2, 0.25) is 0 Å². The molecule has 3 heteroatoms. The zero-order chi connectivity index (χ0) is 9.97. The summed E-state index contributed by atoms with van der Waals surface area (Å²) in [6, 6.07) is 5.87. The van der Waals surface area contributed by atoms with Crippen LogP contribution in [0.5, 0.6) is 5.75 Å². The molecular formula is C11H12N2O. The SMILES string of the molecule is CCc1ncnc2cc(OC)ccc12. The number of ether oxygens (including phenoxy) is 1. The van der Waals surface area contributed by atoms with Gasteiger partial charge in [-0.25, -0.2) is 9.97 Å². The van der Waals surface area contributed by atoms with Crippen LogP contribution in [0.4, 0.5) is 0 Å². The molecule has 72 valence electrons. The fraction of sp³-hybridized carbons (Fsp3) is 0.273. The number of nitrogens with zero attached hydrogens (tertiary/aromatic N) is 2. The fourth-order valence-electron chi connectivity index (χ4n) is 1.50. The summed E-state index contributed by atoms with van der Waals surface area (Å²) in [4.78, 5) is 8.44. The molecule has 0 amide bonds. The number of rotatable bonds is 2. The smallest absolute Gasteiger partial charge is 0.121 e. The van der Waals surface area contributed by atoms with Gasteiger partial charge in [0.1, 0.15) is 12.1 Å². The number of fused-ring (bicyclic) bond motifs is 1. The topological polar surface area (TPSA) is 35.0 Å². The predicted octanol–water partition coefficient (Wildman–Crippen LogP) is 2.20. The highest BCUT2D eigenvalue weighted by atomic mass is 16.5. The normalized spacial score (nSPS) is 10.4. The Bertz CT molecular complexity index is 454. The lowest BCUT2D eigenvalue weighted by Crippen LogP contribution is -1.92. The van der Waals surface area contributed by atoms with Crippen molar-refractivity contribution in [2.75, 3.05) is 7.11 Å². The van der Waals surface area contributed by atoms with E-state index < -0.39 is 0 Å². The zero-order valence-electron chi connectivity index (χ0n) is 8.32. The Hall–Kier alpha value is -1.64. The van der Waals surface area contributed by atoms with Gasteiger partial charge in [0.25, 0.3) is 0 Å². The molecule has 1 aromatic carbocycles. The lowest BCUT2D eigenvalue weighted by molar-refractivity contribution is 0.415. The first-order valence-corrected chi connectivity index (χ1v) is 4.62. The molecule has 0 saturated heterocycles. The number of aromatic nitrogens is 2. The van der Waals surface area contributed by atoms with Gasteiger partial charge in [-0.2, -0.15) is 0 Å². The van der Waals surface area contributed by atoms with Crippen LogP contribution in [0.1, 0.15) is 12.6 Å². The number of aryl methyl sites for hydroxylation is 1. The van der Waals surface area contributed by atoms with Crippen LogP contribution in [-0.4, -0.2) is 17.1 Å². The van der Waals surface area contributed by atoms with Crippen molar-refractivity contribution in [1.29, 1.82) is 0 Å². The zero-order valence-corrected chi connectivity index (χ0v) is 8.32. The molecule has 1 aromatic heterocycles. The summed E-state index contributed by atoms with van der Waals surface area (Å²) < 4.78 is 5.14. The standard InChI is InChI=1S/C11H12N2O/c1-3-10-9-5-4-8(14-2)6-11(9)13-7-12-10/h4-7H,3H2,1-2H3. The second-order valence-corrected chi connectivity index (χ2v) is 3.06. The monoisotopic (exact) mass is 188 g/mol. The van der Waals surface area contributed by atoms with Gasteiger partial charge in [0.15, 0.2) is 0 Å². The van der Waals surface area contributed by atoms with Crippen molar-refractivity contribution in [3.63, 3.8) is 0 Å².